The quantitative estimate of drug-likeness (QED) is 0.594. The van der Waals surface area contributed by atoms with Crippen molar-refractivity contribution in [2.24, 2.45) is 11.8 Å². The highest BCUT2D eigenvalue weighted by atomic mass is 16.5. The molecule has 0 heterocycles. The number of carbonyl (C=O) groups is 2. The van der Waals surface area contributed by atoms with Gasteiger partial charge in [-0.05, 0) is 38.5 Å². The van der Waals surface area contributed by atoms with E-state index in [4.69, 9.17) is 10.00 Å². The fourth-order valence-corrected chi connectivity index (χ4v) is 2.55. The number of nitrogens with zero attached hydrogens (tertiary/aromatic N) is 1. The van der Waals surface area contributed by atoms with E-state index in [1.54, 1.807) is 0 Å². The van der Waals surface area contributed by atoms with Gasteiger partial charge in [-0.15, -0.1) is 0 Å². The summed E-state index contributed by atoms with van der Waals surface area (Å²) in [6, 6.07) is 2.23. The monoisotopic (exact) mass is 278 g/mol. The van der Waals surface area contributed by atoms with Crippen LogP contribution in [0.5, 0.6) is 0 Å². The third-order valence-electron chi connectivity index (χ3n) is 3.96. The van der Waals surface area contributed by atoms with Crippen LogP contribution < -0.4 is 5.32 Å². The van der Waals surface area contributed by atoms with E-state index in [9.17, 15) is 9.59 Å². The minimum absolute atomic E-state index is 0.107. The maximum atomic E-state index is 11.7. The van der Waals surface area contributed by atoms with Crippen LogP contribution in [0, 0.1) is 23.2 Å². The Labute approximate surface area is 119 Å². The Bertz CT molecular complexity index is 398. The van der Waals surface area contributed by atoms with Gasteiger partial charge in [-0.2, -0.15) is 5.26 Å². The Kier molecular flexibility index (Phi) is 5.40. The van der Waals surface area contributed by atoms with Gasteiger partial charge in [0.25, 0.3) is 0 Å². The smallest absolute Gasteiger partial charge is 0.306 e. The SMILES string of the molecule is N#CC1CCCCC1OC(=O)CCCNC(=O)C1CC1. The average Bonchev–Trinajstić information content (AvgIpc) is 3.28. The van der Waals surface area contributed by atoms with Crippen LogP contribution >= 0.6 is 0 Å². The summed E-state index contributed by atoms with van der Waals surface area (Å²) in [5, 5.41) is 11.8. The molecule has 0 saturated heterocycles. The van der Waals surface area contributed by atoms with Crippen molar-refractivity contribution < 1.29 is 14.3 Å². The maximum Gasteiger partial charge on any atom is 0.306 e. The summed E-state index contributed by atoms with van der Waals surface area (Å²) in [7, 11) is 0. The molecule has 0 radical (unpaired) electrons. The molecule has 2 unspecified atom stereocenters. The lowest BCUT2D eigenvalue weighted by Crippen LogP contribution is -2.30. The molecule has 110 valence electrons. The van der Waals surface area contributed by atoms with Gasteiger partial charge in [0.15, 0.2) is 0 Å². The number of ether oxygens (including phenoxy) is 1. The van der Waals surface area contributed by atoms with Gasteiger partial charge in [0.2, 0.25) is 5.91 Å². The summed E-state index contributed by atoms with van der Waals surface area (Å²) in [5.74, 6) is -0.0872. The van der Waals surface area contributed by atoms with Gasteiger partial charge in [-0.3, -0.25) is 9.59 Å². The first-order valence-corrected chi connectivity index (χ1v) is 7.57. The Morgan fingerprint density at radius 3 is 2.65 bits per heavy atom. The molecule has 0 aromatic carbocycles. The highest BCUT2D eigenvalue weighted by Crippen LogP contribution is 2.28. The first kappa shape index (κ1) is 14.8. The predicted molar refractivity (Wildman–Crippen MR) is 72.4 cm³/mol. The van der Waals surface area contributed by atoms with Crippen LogP contribution in [-0.4, -0.2) is 24.5 Å². The molecule has 0 spiro atoms. The minimum Gasteiger partial charge on any atom is -0.461 e. The zero-order valence-corrected chi connectivity index (χ0v) is 11.8. The fraction of sp³-hybridized carbons (Fsp3) is 0.800. The van der Waals surface area contributed by atoms with Crippen molar-refractivity contribution in [2.45, 2.75) is 57.5 Å². The summed E-state index contributed by atoms with van der Waals surface area (Å²) in [6.45, 7) is 0.525. The van der Waals surface area contributed by atoms with E-state index in [-0.39, 0.29) is 29.8 Å². The number of hydrogen-bond donors (Lipinski definition) is 1. The molecule has 2 fully saturated rings. The molecular formula is C15H22N2O3. The molecule has 0 aromatic heterocycles. The van der Waals surface area contributed by atoms with E-state index in [1.807, 2.05) is 0 Å². The van der Waals surface area contributed by atoms with E-state index < -0.39 is 0 Å². The van der Waals surface area contributed by atoms with Gasteiger partial charge in [0.1, 0.15) is 6.10 Å². The van der Waals surface area contributed by atoms with Crippen LogP contribution in [0.15, 0.2) is 0 Å². The number of esters is 1. The molecule has 5 nitrogen and oxygen atoms in total. The van der Waals surface area contributed by atoms with E-state index >= 15 is 0 Å². The molecule has 2 saturated carbocycles. The topological polar surface area (TPSA) is 79.2 Å². The lowest BCUT2D eigenvalue weighted by atomic mass is 9.87. The van der Waals surface area contributed by atoms with Crippen LogP contribution in [-0.2, 0) is 14.3 Å². The summed E-state index contributed by atoms with van der Waals surface area (Å²) in [6.07, 6.45) is 6.33. The van der Waals surface area contributed by atoms with Gasteiger partial charge in [0, 0.05) is 18.9 Å². The highest BCUT2D eigenvalue weighted by Gasteiger charge is 2.29. The molecule has 0 aromatic rings. The molecule has 5 heteroatoms. The second-order valence-corrected chi connectivity index (χ2v) is 5.72. The lowest BCUT2D eigenvalue weighted by molar-refractivity contribution is -0.152. The van der Waals surface area contributed by atoms with E-state index in [0.717, 1.165) is 38.5 Å². The van der Waals surface area contributed by atoms with E-state index in [0.29, 0.717) is 19.4 Å². The second-order valence-electron chi connectivity index (χ2n) is 5.72. The maximum absolute atomic E-state index is 11.7. The zero-order valence-electron chi connectivity index (χ0n) is 11.8. The van der Waals surface area contributed by atoms with E-state index in [2.05, 4.69) is 11.4 Å². The van der Waals surface area contributed by atoms with Crippen molar-refractivity contribution >= 4 is 11.9 Å². The molecule has 0 aliphatic heterocycles. The zero-order chi connectivity index (χ0) is 14.4. The minimum atomic E-state index is -0.252. The van der Waals surface area contributed by atoms with Gasteiger partial charge in [-0.1, -0.05) is 6.42 Å². The number of rotatable bonds is 6. The Hall–Kier alpha value is -1.57. The Morgan fingerprint density at radius 2 is 1.95 bits per heavy atom. The molecule has 20 heavy (non-hydrogen) atoms. The van der Waals surface area contributed by atoms with Crippen molar-refractivity contribution in [3.63, 3.8) is 0 Å². The van der Waals surface area contributed by atoms with Gasteiger partial charge in [-0.25, -0.2) is 0 Å². The van der Waals surface area contributed by atoms with Crippen molar-refractivity contribution in [1.82, 2.24) is 5.32 Å². The van der Waals surface area contributed by atoms with Crippen molar-refractivity contribution in [2.75, 3.05) is 6.54 Å². The molecular weight excluding hydrogens is 256 g/mol. The Morgan fingerprint density at radius 1 is 1.20 bits per heavy atom. The number of hydrogen-bond acceptors (Lipinski definition) is 4. The van der Waals surface area contributed by atoms with Crippen molar-refractivity contribution in [3.8, 4) is 6.07 Å². The molecule has 0 bridgehead atoms. The molecule has 1 N–H and O–H groups in total. The summed E-state index contributed by atoms with van der Waals surface area (Å²) < 4.78 is 5.39. The summed E-state index contributed by atoms with van der Waals surface area (Å²) in [5.41, 5.74) is 0. The highest BCUT2D eigenvalue weighted by molar-refractivity contribution is 5.80. The molecule has 1 amide bonds. The Balaban J connectivity index is 1.59. The van der Waals surface area contributed by atoms with Crippen molar-refractivity contribution in [3.05, 3.63) is 0 Å². The number of nitrogens with one attached hydrogen (secondary N) is 1. The first-order chi connectivity index (χ1) is 9.70. The third kappa shape index (κ3) is 4.52. The van der Waals surface area contributed by atoms with Crippen LogP contribution in [0.1, 0.15) is 51.4 Å². The second kappa shape index (κ2) is 7.28. The number of nitriles is 1. The third-order valence-corrected chi connectivity index (χ3v) is 3.96. The van der Waals surface area contributed by atoms with Crippen LogP contribution in [0.2, 0.25) is 0 Å². The predicted octanol–water partition coefficient (Wildman–Crippen LogP) is 1.92. The van der Waals surface area contributed by atoms with Gasteiger partial charge >= 0.3 is 5.97 Å². The molecule has 2 atom stereocenters. The van der Waals surface area contributed by atoms with Crippen LogP contribution in [0.4, 0.5) is 0 Å². The van der Waals surface area contributed by atoms with E-state index in [1.165, 1.54) is 0 Å². The lowest BCUT2D eigenvalue weighted by Gasteiger charge is -2.26. The summed E-state index contributed by atoms with van der Waals surface area (Å²) >= 11 is 0. The molecule has 2 aliphatic rings. The largest absolute Gasteiger partial charge is 0.461 e. The van der Waals surface area contributed by atoms with Gasteiger partial charge in [0.05, 0.1) is 12.0 Å². The number of carbonyl (C=O) groups excluding carboxylic acids is 2. The normalized spacial score (nSPS) is 25.6. The van der Waals surface area contributed by atoms with Crippen LogP contribution in [0.25, 0.3) is 0 Å². The fourth-order valence-electron chi connectivity index (χ4n) is 2.55. The molecule has 2 aliphatic carbocycles. The number of amides is 1. The summed E-state index contributed by atoms with van der Waals surface area (Å²) in [4.78, 5) is 23.1. The van der Waals surface area contributed by atoms with Gasteiger partial charge < -0.3 is 10.1 Å². The molecule has 2 rings (SSSR count). The van der Waals surface area contributed by atoms with Crippen molar-refractivity contribution in [1.29, 1.82) is 5.26 Å². The van der Waals surface area contributed by atoms with Crippen LogP contribution in [0.3, 0.4) is 0 Å². The first-order valence-electron chi connectivity index (χ1n) is 7.57. The standard InChI is InChI=1S/C15H22N2O3/c16-10-12-4-1-2-5-13(12)20-14(18)6-3-9-17-15(19)11-7-8-11/h11-13H,1-9H2,(H,17,19). The average molecular weight is 278 g/mol.